The first kappa shape index (κ1) is 14.5. The average molecular weight is 278 g/mol. The second-order valence-corrected chi connectivity index (χ2v) is 5.30. The van der Waals surface area contributed by atoms with Gasteiger partial charge in [-0.3, -0.25) is 9.59 Å². The Labute approximate surface area is 117 Å². The Balaban J connectivity index is 1.88. The third-order valence-corrected chi connectivity index (χ3v) is 3.74. The highest BCUT2D eigenvalue weighted by Crippen LogP contribution is 2.23. The van der Waals surface area contributed by atoms with E-state index >= 15 is 0 Å². The lowest BCUT2D eigenvalue weighted by Crippen LogP contribution is -2.45. The van der Waals surface area contributed by atoms with Crippen LogP contribution in [0.4, 0.5) is 10.1 Å². The monoisotopic (exact) mass is 278 g/mol. The maximum atomic E-state index is 12.7. The number of hydrogen-bond acceptors (Lipinski definition) is 2. The second-order valence-electron chi connectivity index (χ2n) is 5.30. The van der Waals surface area contributed by atoms with Crippen molar-refractivity contribution >= 4 is 17.5 Å². The van der Waals surface area contributed by atoms with Crippen LogP contribution < -0.4 is 10.6 Å². The van der Waals surface area contributed by atoms with Crippen molar-refractivity contribution in [1.82, 2.24) is 5.32 Å². The Morgan fingerprint density at radius 2 is 1.75 bits per heavy atom. The zero-order chi connectivity index (χ0) is 14.5. The number of amides is 2. The van der Waals surface area contributed by atoms with Crippen molar-refractivity contribution in [1.29, 1.82) is 0 Å². The fourth-order valence-electron chi connectivity index (χ4n) is 2.49. The van der Waals surface area contributed by atoms with Crippen molar-refractivity contribution in [3.8, 4) is 0 Å². The molecule has 1 aromatic rings. The number of benzene rings is 1. The Hall–Kier alpha value is -1.91. The van der Waals surface area contributed by atoms with Gasteiger partial charge in [0.1, 0.15) is 5.82 Å². The third-order valence-electron chi connectivity index (χ3n) is 3.74. The van der Waals surface area contributed by atoms with Crippen molar-refractivity contribution in [3.05, 3.63) is 30.1 Å². The summed E-state index contributed by atoms with van der Waals surface area (Å²) in [4.78, 5) is 23.6. The van der Waals surface area contributed by atoms with Crippen LogP contribution in [0, 0.1) is 11.7 Å². The molecule has 1 saturated carbocycles. The van der Waals surface area contributed by atoms with E-state index in [9.17, 15) is 14.0 Å². The van der Waals surface area contributed by atoms with Gasteiger partial charge >= 0.3 is 11.8 Å². The zero-order valence-electron chi connectivity index (χ0n) is 11.5. The molecule has 1 aromatic carbocycles. The van der Waals surface area contributed by atoms with Crippen LogP contribution >= 0.6 is 0 Å². The minimum atomic E-state index is -0.714. The molecule has 4 nitrogen and oxygen atoms in total. The van der Waals surface area contributed by atoms with Gasteiger partial charge in [-0.1, -0.05) is 19.8 Å². The van der Waals surface area contributed by atoms with Gasteiger partial charge in [-0.05, 0) is 43.0 Å². The molecule has 0 bridgehead atoms. The smallest absolute Gasteiger partial charge is 0.313 e. The number of anilines is 1. The summed E-state index contributed by atoms with van der Waals surface area (Å²) in [5.41, 5.74) is 0.406. The van der Waals surface area contributed by atoms with Crippen LogP contribution in [0.2, 0.25) is 0 Å². The molecule has 5 heteroatoms. The molecule has 2 rings (SSSR count). The quantitative estimate of drug-likeness (QED) is 0.816. The van der Waals surface area contributed by atoms with E-state index in [0.717, 1.165) is 19.3 Å². The number of nitrogens with one attached hydrogen (secondary N) is 2. The minimum absolute atomic E-state index is 0.0650. The van der Waals surface area contributed by atoms with Gasteiger partial charge < -0.3 is 10.6 Å². The molecule has 1 aliphatic carbocycles. The largest absolute Gasteiger partial charge is 0.345 e. The van der Waals surface area contributed by atoms with E-state index in [2.05, 4.69) is 17.6 Å². The summed E-state index contributed by atoms with van der Waals surface area (Å²) >= 11 is 0. The summed E-state index contributed by atoms with van der Waals surface area (Å²) in [6, 6.07) is 5.37. The molecule has 20 heavy (non-hydrogen) atoms. The molecular weight excluding hydrogens is 259 g/mol. The van der Waals surface area contributed by atoms with Gasteiger partial charge in [-0.15, -0.1) is 0 Å². The Morgan fingerprint density at radius 1 is 1.10 bits per heavy atom. The lowest BCUT2D eigenvalue weighted by atomic mass is 9.86. The normalized spacial score (nSPS) is 22.1. The van der Waals surface area contributed by atoms with Crippen LogP contribution in [0.15, 0.2) is 24.3 Å². The van der Waals surface area contributed by atoms with E-state index in [-0.39, 0.29) is 11.9 Å². The number of carbonyl (C=O) groups excluding carboxylic acids is 2. The molecular formula is C15H19FN2O2. The van der Waals surface area contributed by atoms with Crippen LogP contribution in [0.25, 0.3) is 0 Å². The molecule has 2 amide bonds. The van der Waals surface area contributed by atoms with Gasteiger partial charge in [0, 0.05) is 11.7 Å². The molecule has 0 radical (unpaired) electrons. The SMILES string of the molecule is CC1CCCCC1NC(=O)C(=O)Nc1ccc(F)cc1. The van der Waals surface area contributed by atoms with Gasteiger partial charge in [0.25, 0.3) is 0 Å². The van der Waals surface area contributed by atoms with E-state index in [1.54, 1.807) is 0 Å². The first-order chi connectivity index (χ1) is 9.56. The minimum Gasteiger partial charge on any atom is -0.345 e. The highest BCUT2D eigenvalue weighted by Gasteiger charge is 2.25. The molecule has 0 saturated heterocycles. The third kappa shape index (κ3) is 3.79. The van der Waals surface area contributed by atoms with E-state index in [1.807, 2.05) is 0 Å². The summed E-state index contributed by atoms with van der Waals surface area (Å²) in [5, 5.41) is 5.23. The van der Waals surface area contributed by atoms with Crippen molar-refractivity contribution in [2.24, 2.45) is 5.92 Å². The lowest BCUT2D eigenvalue weighted by Gasteiger charge is -2.29. The fraction of sp³-hybridized carbons (Fsp3) is 0.467. The molecule has 0 aliphatic heterocycles. The zero-order valence-corrected chi connectivity index (χ0v) is 11.5. The molecule has 2 N–H and O–H groups in total. The highest BCUT2D eigenvalue weighted by molar-refractivity contribution is 6.39. The Morgan fingerprint density at radius 3 is 2.40 bits per heavy atom. The summed E-state index contributed by atoms with van der Waals surface area (Å²) < 4.78 is 12.7. The molecule has 1 aliphatic rings. The Bertz CT molecular complexity index is 487. The van der Waals surface area contributed by atoms with Crippen LogP contribution in [0.1, 0.15) is 32.6 Å². The topological polar surface area (TPSA) is 58.2 Å². The molecule has 0 heterocycles. The van der Waals surface area contributed by atoms with E-state index in [0.29, 0.717) is 11.6 Å². The summed E-state index contributed by atoms with van der Waals surface area (Å²) in [6.45, 7) is 2.09. The van der Waals surface area contributed by atoms with Gasteiger partial charge in [-0.25, -0.2) is 4.39 Å². The fourth-order valence-corrected chi connectivity index (χ4v) is 2.49. The van der Waals surface area contributed by atoms with Crippen molar-refractivity contribution in [3.63, 3.8) is 0 Å². The van der Waals surface area contributed by atoms with Crippen LogP contribution in [-0.2, 0) is 9.59 Å². The van der Waals surface area contributed by atoms with Gasteiger partial charge in [0.05, 0.1) is 0 Å². The predicted octanol–water partition coefficient (Wildman–Crippen LogP) is 2.46. The first-order valence-corrected chi connectivity index (χ1v) is 6.93. The van der Waals surface area contributed by atoms with Crippen molar-refractivity contribution in [2.45, 2.75) is 38.6 Å². The summed E-state index contributed by atoms with van der Waals surface area (Å²) in [7, 11) is 0. The maximum absolute atomic E-state index is 12.7. The van der Waals surface area contributed by atoms with Gasteiger partial charge in [0.15, 0.2) is 0 Å². The number of carbonyl (C=O) groups is 2. The average Bonchev–Trinajstić information content (AvgIpc) is 2.44. The van der Waals surface area contributed by atoms with E-state index in [1.165, 1.54) is 30.7 Å². The Kier molecular flexibility index (Phi) is 4.71. The van der Waals surface area contributed by atoms with E-state index < -0.39 is 11.8 Å². The lowest BCUT2D eigenvalue weighted by molar-refractivity contribution is -0.137. The standard InChI is InChI=1S/C15H19FN2O2/c1-10-4-2-3-5-13(10)18-15(20)14(19)17-12-8-6-11(16)7-9-12/h6-10,13H,2-5H2,1H3,(H,17,19)(H,18,20). The molecule has 0 spiro atoms. The summed E-state index contributed by atoms with van der Waals surface area (Å²) in [5.74, 6) is -1.34. The molecule has 2 atom stereocenters. The van der Waals surface area contributed by atoms with Crippen LogP contribution in [0.5, 0.6) is 0 Å². The van der Waals surface area contributed by atoms with E-state index in [4.69, 9.17) is 0 Å². The van der Waals surface area contributed by atoms with Crippen LogP contribution in [-0.4, -0.2) is 17.9 Å². The van der Waals surface area contributed by atoms with Crippen molar-refractivity contribution < 1.29 is 14.0 Å². The van der Waals surface area contributed by atoms with Crippen LogP contribution in [0.3, 0.4) is 0 Å². The number of hydrogen-bond donors (Lipinski definition) is 2. The van der Waals surface area contributed by atoms with Gasteiger partial charge in [-0.2, -0.15) is 0 Å². The molecule has 0 aromatic heterocycles. The van der Waals surface area contributed by atoms with Gasteiger partial charge in [0.2, 0.25) is 0 Å². The molecule has 1 fully saturated rings. The first-order valence-electron chi connectivity index (χ1n) is 6.93. The predicted molar refractivity (Wildman–Crippen MR) is 74.6 cm³/mol. The summed E-state index contributed by atoms with van der Waals surface area (Å²) in [6.07, 6.45) is 4.24. The number of halogens is 1. The highest BCUT2D eigenvalue weighted by atomic mass is 19.1. The molecule has 108 valence electrons. The second kappa shape index (κ2) is 6.50. The van der Waals surface area contributed by atoms with Crippen molar-refractivity contribution in [2.75, 3.05) is 5.32 Å². The number of rotatable bonds is 2. The maximum Gasteiger partial charge on any atom is 0.313 e. The molecule has 2 unspecified atom stereocenters.